The van der Waals surface area contributed by atoms with E-state index in [9.17, 15) is 0 Å². The molecule has 2 rings (SSSR count). The standard InChI is InChI=1S/C9H10N2S2/c12-5-6-13-9-10-7-3-1-2-4-8(7)11-9/h1-4,12H,5-6H2,(H,10,11). The molecule has 2 aromatic rings. The maximum atomic E-state index is 4.42. The summed E-state index contributed by atoms with van der Waals surface area (Å²) in [6.45, 7) is 0. The first-order valence-corrected chi connectivity index (χ1v) is 5.70. The molecule has 2 nitrogen and oxygen atoms in total. The summed E-state index contributed by atoms with van der Waals surface area (Å²) < 4.78 is 0. The number of para-hydroxylation sites is 2. The van der Waals surface area contributed by atoms with Gasteiger partial charge in [-0.2, -0.15) is 12.6 Å². The lowest BCUT2D eigenvalue weighted by Gasteiger charge is -1.90. The van der Waals surface area contributed by atoms with E-state index in [0.717, 1.165) is 27.7 Å². The van der Waals surface area contributed by atoms with Crippen molar-refractivity contribution in [2.45, 2.75) is 5.16 Å². The Balaban J connectivity index is 2.28. The van der Waals surface area contributed by atoms with Gasteiger partial charge < -0.3 is 4.98 Å². The number of aromatic amines is 1. The highest BCUT2D eigenvalue weighted by atomic mass is 32.2. The van der Waals surface area contributed by atoms with E-state index < -0.39 is 0 Å². The summed E-state index contributed by atoms with van der Waals surface area (Å²) >= 11 is 5.85. The van der Waals surface area contributed by atoms with Gasteiger partial charge in [0, 0.05) is 5.75 Å². The summed E-state index contributed by atoms with van der Waals surface area (Å²) in [5.74, 6) is 1.87. The number of nitrogens with one attached hydrogen (secondary N) is 1. The number of H-pyrrole nitrogens is 1. The highest BCUT2D eigenvalue weighted by Crippen LogP contribution is 2.18. The largest absolute Gasteiger partial charge is 0.333 e. The zero-order chi connectivity index (χ0) is 9.10. The first-order chi connectivity index (χ1) is 6.40. The fourth-order valence-electron chi connectivity index (χ4n) is 1.14. The van der Waals surface area contributed by atoms with Crippen molar-refractivity contribution in [1.82, 2.24) is 9.97 Å². The first kappa shape index (κ1) is 8.97. The van der Waals surface area contributed by atoms with Crippen molar-refractivity contribution >= 4 is 35.4 Å². The molecular weight excluding hydrogens is 200 g/mol. The molecule has 4 heteroatoms. The average Bonchev–Trinajstić information content (AvgIpc) is 2.57. The summed E-state index contributed by atoms with van der Waals surface area (Å²) in [6, 6.07) is 8.05. The van der Waals surface area contributed by atoms with Crippen LogP contribution in [0.1, 0.15) is 0 Å². The second-order valence-electron chi connectivity index (χ2n) is 2.63. The highest BCUT2D eigenvalue weighted by Gasteiger charge is 2.00. The molecule has 0 fully saturated rings. The van der Waals surface area contributed by atoms with Crippen molar-refractivity contribution in [2.75, 3.05) is 11.5 Å². The van der Waals surface area contributed by atoms with Crippen molar-refractivity contribution in [3.8, 4) is 0 Å². The predicted molar refractivity (Wildman–Crippen MR) is 60.7 cm³/mol. The molecular formula is C9H10N2S2. The monoisotopic (exact) mass is 210 g/mol. The number of fused-ring (bicyclic) bond motifs is 1. The minimum absolute atomic E-state index is 0.877. The number of thioether (sulfide) groups is 1. The van der Waals surface area contributed by atoms with Crippen LogP contribution in [-0.4, -0.2) is 21.5 Å². The molecule has 1 heterocycles. The molecule has 1 N–H and O–H groups in total. The minimum atomic E-state index is 0.877. The smallest absolute Gasteiger partial charge is 0.166 e. The Kier molecular flexibility index (Phi) is 2.80. The quantitative estimate of drug-likeness (QED) is 0.602. The van der Waals surface area contributed by atoms with E-state index in [2.05, 4.69) is 22.6 Å². The van der Waals surface area contributed by atoms with E-state index in [1.165, 1.54) is 0 Å². The van der Waals surface area contributed by atoms with Gasteiger partial charge in [-0.25, -0.2) is 4.98 Å². The van der Waals surface area contributed by atoms with Gasteiger partial charge in [0.15, 0.2) is 5.16 Å². The van der Waals surface area contributed by atoms with E-state index in [-0.39, 0.29) is 0 Å². The van der Waals surface area contributed by atoms with Crippen LogP contribution in [0, 0.1) is 0 Å². The maximum absolute atomic E-state index is 4.42. The minimum Gasteiger partial charge on any atom is -0.333 e. The zero-order valence-electron chi connectivity index (χ0n) is 7.03. The van der Waals surface area contributed by atoms with Crippen LogP contribution >= 0.6 is 24.4 Å². The van der Waals surface area contributed by atoms with E-state index in [1.807, 2.05) is 24.3 Å². The number of imidazole rings is 1. The molecule has 0 aliphatic carbocycles. The SMILES string of the molecule is SCCSc1nc2ccccc2[nH]1. The third-order valence-corrected chi connectivity index (χ3v) is 3.10. The Morgan fingerprint density at radius 2 is 2.23 bits per heavy atom. The lowest BCUT2D eigenvalue weighted by atomic mass is 10.3. The summed E-state index contributed by atoms with van der Waals surface area (Å²) in [6.07, 6.45) is 0. The van der Waals surface area contributed by atoms with Crippen LogP contribution in [0.25, 0.3) is 11.0 Å². The van der Waals surface area contributed by atoms with E-state index >= 15 is 0 Å². The van der Waals surface area contributed by atoms with Gasteiger partial charge in [0.05, 0.1) is 11.0 Å². The molecule has 68 valence electrons. The molecule has 0 aliphatic heterocycles. The van der Waals surface area contributed by atoms with Crippen molar-refractivity contribution in [2.24, 2.45) is 0 Å². The van der Waals surface area contributed by atoms with Crippen molar-refractivity contribution in [3.63, 3.8) is 0 Å². The zero-order valence-corrected chi connectivity index (χ0v) is 8.74. The fourth-order valence-corrected chi connectivity index (χ4v) is 2.04. The number of rotatable bonds is 3. The van der Waals surface area contributed by atoms with Gasteiger partial charge in [0.25, 0.3) is 0 Å². The molecule has 1 aromatic heterocycles. The predicted octanol–water partition coefficient (Wildman–Crippen LogP) is 2.58. The Morgan fingerprint density at radius 1 is 1.38 bits per heavy atom. The summed E-state index contributed by atoms with van der Waals surface area (Å²) in [4.78, 5) is 7.67. The molecule has 0 aliphatic rings. The van der Waals surface area contributed by atoms with Crippen molar-refractivity contribution in [1.29, 1.82) is 0 Å². The van der Waals surface area contributed by atoms with E-state index in [0.29, 0.717) is 0 Å². The van der Waals surface area contributed by atoms with Crippen LogP contribution in [-0.2, 0) is 0 Å². The third-order valence-electron chi connectivity index (χ3n) is 1.70. The fraction of sp³-hybridized carbons (Fsp3) is 0.222. The topological polar surface area (TPSA) is 28.7 Å². The van der Waals surface area contributed by atoms with Crippen LogP contribution in [0.3, 0.4) is 0 Å². The Bertz CT molecular complexity index is 364. The third kappa shape index (κ3) is 2.00. The number of thiol groups is 1. The average molecular weight is 210 g/mol. The normalized spacial score (nSPS) is 10.8. The van der Waals surface area contributed by atoms with Gasteiger partial charge in [-0.05, 0) is 17.9 Å². The molecule has 0 saturated carbocycles. The Morgan fingerprint density at radius 3 is 3.00 bits per heavy atom. The van der Waals surface area contributed by atoms with E-state index in [1.54, 1.807) is 11.8 Å². The Hall–Kier alpha value is -0.610. The molecule has 0 atom stereocenters. The van der Waals surface area contributed by atoms with Gasteiger partial charge in [0.2, 0.25) is 0 Å². The van der Waals surface area contributed by atoms with E-state index in [4.69, 9.17) is 0 Å². The first-order valence-electron chi connectivity index (χ1n) is 4.08. The second-order valence-corrected chi connectivity index (χ2v) is 4.16. The number of hydrogen-bond donors (Lipinski definition) is 2. The van der Waals surface area contributed by atoms with Gasteiger partial charge in [0.1, 0.15) is 0 Å². The lowest BCUT2D eigenvalue weighted by Crippen LogP contribution is -1.80. The molecule has 0 spiro atoms. The van der Waals surface area contributed by atoms with Gasteiger partial charge >= 0.3 is 0 Å². The Labute approximate surface area is 86.5 Å². The van der Waals surface area contributed by atoms with Crippen molar-refractivity contribution < 1.29 is 0 Å². The van der Waals surface area contributed by atoms with Crippen LogP contribution < -0.4 is 0 Å². The van der Waals surface area contributed by atoms with Crippen LogP contribution in [0.15, 0.2) is 29.4 Å². The summed E-state index contributed by atoms with van der Waals surface area (Å²) in [5.41, 5.74) is 2.13. The lowest BCUT2D eigenvalue weighted by molar-refractivity contribution is 1.08. The number of hydrogen-bond acceptors (Lipinski definition) is 3. The van der Waals surface area contributed by atoms with Gasteiger partial charge in [-0.3, -0.25) is 0 Å². The summed E-state index contributed by atoms with van der Waals surface area (Å²) in [5, 5.41) is 0.982. The van der Waals surface area contributed by atoms with Crippen LogP contribution in [0.5, 0.6) is 0 Å². The molecule has 1 aromatic carbocycles. The van der Waals surface area contributed by atoms with Gasteiger partial charge in [-0.1, -0.05) is 23.9 Å². The second kappa shape index (κ2) is 4.07. The molecule has 0 saturated heterocycles. The van der Waals surface area contributed by atoms with Gasteiger partial charge in [-0.15, -0.1) is 0 Å². The van der Waals surface area contributed by atoms with Crippen LogP contribution in [0.2, 0.25) is 0 Å². The highest BCUT2D eigenvalue weighted by molar-refractivity contribution is 7.99. The number of aromatic nitrogens is 2. The number of nitrogens with zero attached hydrogens (tertiary/aromatic N) is 1. The molecule has 13 heavy (non-hydrogen) atoms. The number of benzene rings is 1. The molecule has 0 bridgehead atoms. The van der Waals surface area contributed by atoms with Crippen LogP contribution in [0.4, 0.5) is 0 Å². The molecule has 0 unspecified atom stereocenters. The maximum Gasteiger partial charge on any atom is 0.166 e. The molecule has 0 amide bonds. The molecule has 0 radical (unpaired) electrons. The van der Waals surface area contributed by atoms with Crippen molar-refractivity contribution in [3.05, 3.63) is 24.3 Å². The summed E-state index contributed by atoms with van der Waals surface area (Å²) in [7, 11) is 0.